The van der Waals surface area contributed by atoms with Crippen molar-refractivity contribution in [1.29, 1.82) is 0 Å². The molecular weight excluding hydrogens is 372 g/mol. The van der Waals surface area contributed by atoms with Gasteiger partial charge in [0.25, 0.3) is 0 Å². The van der Waals surface area contributed by atoms with Crippen molar-refractivity contribution in [3.05, 3.63) is 14.7 Å². The molecule has 0 saturated heterocycles. The van der Waals surface area contributed by atoms with Gasteiger partial charge in [0.15, 0.2) is 0 Å². The summed E-state index contributed by atoms with van der Waals surface area (Å²) in [5.74, 6) is 0. The Morgan fingerprint density at radius 2 is 2.00 bits per heavy atom. The van der Waals surface area contributed by atoms with Crippen LogP contribution in [0, 0.1) is 5.41 Å². The molecule has 1 aromatic heterocycles. The predicted octanol–water partition coefficient (Wildman–Crippen LogP) is 3.68. The third-order valence-corrected chi connectivity index (χ3v) is 7.89. The van der Waals surface area contributed by atoms with Crippen LogP contribution in [0.4, 0.5) is 0 Å². The molecule has 0 spiro atoms. The lowest BCUT2D eigenvalue weighted by Crippen LogP contribution is -2.42. The molecule has 0 bridgehead atoms. The summed E-state index contributed by atoms with van der Waals surface area (Å²) < 4.78 is 27.8. The van der Waals surface area contributed by atoms with Gasteiger partial charge >= 0.3 is 0 Å². The largest absolute Gasteiger partial charge is 0.312 e. The van der Waals surface area contributed by atoms with Crippen molar-refractivity contribution in [3.63, 3.8) is 0 Å². The fourth-order valence-electron chi connectivity index (χ4n) is 1.82. The zero-order valence-electron chi connectivity index (χ0n) is 13.5. The highest BCUT2D eigenvalue weighted by Crippen LogP contribution is 2.35. The zero-order valence-corrected chi connectivity index (χ0v) is 16.7. The van der Waals surface area contributed by atoms with E-state index in [-0.39, 0.29) is 11.5 Å². The number of nitrogens with zero attached hydrogens (tertiary/aromatic N) is 1. The summed E-state index contributed by atoms with van der Waals surface area (Å²) >= 11 is 4.86. The van der Waals surface area contributed by atoms with E-state index in [4.69, 9.17) is 0 Å². The number of rotatable bonds is 6. The summed E-state index contributed by atoms with van der Waals surface area (Å²) in [6, 6.07) is 1.67. The molecule has 0 radical (unpaired) electrons. The minimum absolute atomic E-state index is 0.0912. The van der Waals surface area contributed by atoms with Crippen molar-refractivity contribution in [1.82, 2.24) is 9.62 Å². The number of halogens is 1. The van der Waals surface area contributed by atoms with Crippen molar-refractivity contribution < 1.29 is 8.42 Å². The maximum absolute atomic E-state index is 12.8. The number of hydrogen-bond acceptors (Lipinski definition) is 4. The SMILES string of the molecule is CCNCc1cc(S(=O)(=O)N(C)C(C)C(C)(C)C)c(Br)s1. The topological polar surface area (TPSA) is 49.4 Å². The molecule has 0 aliphatic rings. The first kappa shape index (κ1) is 19.1. The summed E-state index contributed by atoms with van der Waals surface area (Å²) in [6.07, 6.45) is 0. The molecular formula is C14H25BrN2O2S2. The maximum atomic E-state index is 12.8. The van der Waals surface area contributed by atoms with E-state index in [1.807, 2.05) is 34.6 Å². The van der Waals surface area contributed by atoms with Crippen LogP contribution in [0.5, 0.6) is 0 Å². The minimum atomic E-state index is -3.49. The monoisotopic (exact) mass is 396 g/mol. The van der Waals surface area contributed by atoms with E-state index in [9.17, 15) is 8.42 Å². The van der Waals surface area contributed by atoms with Gasteiger partial charge in [-0.15, -0.1) is 11.3 Å². The van der Waals surface area contributed by atoms with Gasteiger partial charge in [-0.25, -0.2) is 8.42 Å². The molecule has 1 heterocycles. The Bertz CT molecular complexity index is 576. The molecule has 0 aliphatic carbocycles. The van der Waals surface area contributed by atoms with Gasteiger partial charge in [0, 0.05) is 24.5 Å². The summed E-state index contributed by atoms with van der Waals surface area (Å²) in [5.41, 5.74) is -0.114. The van der Waals surface area contributed by atoms with E-state index in [1.54, 1.807) is 13.1 Å². The molecule has 1 atom stereocenters. The normalized spacial score (nSPS) is 14.7. The average molecular weight is 397 g/mol. The summed E-state index contributed by atoms with van der Waals surface area (Å²) in [7, 11) is -1.84. The van der Waals surface area contributed by atoms with Crippen LogP contribution in [0.25, 0.3) is 0 Å². The molecule has 122 valence electrons. The Morgan fingerprint density at radius 3 is 2.48 bits per heavy atom. The highest BCUT2D eigenvalue weighted by atomic mass is 79.9. The van der Waals surface area contributed by atoms with Crippen LogP contribution in [-0.4, -0.2) is 32.4 Å². The molecule has 21 heavy (non-hydrogen) atoms. The highest BCUT2D eigenvalue weighted by molar-refractivity contribution is 9.11. The average Bonchev–Trinajstić information content (AvgIpc) is 2.75. The van der Waals surface area contributed by atoms with E-state index in [1.165, 1.54) is 15.6 Å². The van der Waals surface area contributed by atoms with Crippen LogP contribution in [-0.2, 0) is 16.6 Å². The van der Waals surface area contributed by atoms with E-state index < -0.39 is 10.0 Å². The van der Waals surface area contributed by atoms with Crippen LogP contribution >= 0.6 is 27.3 Å². The number of thiophene rings is 1. The molecule has 4 nitrogen and oxygen atoms in total. The molecule has 1 N–H and O–H groups in total. The van der Waals surface area contributed by atoms with Gasteiger partial charge in [-0.2, -0.15) is 4.31 Å². The second-order valence-corrected chi connectivity index (χ2v) is 10.6. The molecule has 0 aromatic carbocycles. The van der Waals surface area contributed by atoms with Gasteiger partial charge in [0.05, 0.1) is 3.79 Å². The molecule has 0 aliphatic heterocycles. The zero-order chi connectivity index (χ0) is 16.4. The lowest BCUT2D eigenvalue weighted by molar-refractivity contribution is 0.216. The molecule has 1 aromatic rings. The van der Waals surface area contributed by atoms with Gasteiger partial charge < -0.3 is 5.32 Å². The van der Waals surface area contributed by atoms with Crippen LogP contribution in [0.1, 0.15) is 39.5 Å². The van der Waals surface area contributed by atoms with Crippen LogP contribution in [0.2, 0.25) is 0 Å². The maximum Gasteiger partial charge on any atom is 0.245 e. The number of hydrogen-bond donors (Lipinski definition) is 1. The van der Waals surface area contributed by atoms with Gasteiger partial charge in [-0.3, -0.25) is 0 Å². The second-order valence-electron chi connectivity index (χ2n) is 6.19. The summed E-state index contributed by atoms with van der Waals surface area (Å²) in [5, 5.41) is 3.21. The fraction of sp³-hybridized carbons (Fsp3) is 0.714. The van der Waals surface area contributed by atoms with Gasteiger partial charge in [0.1, 0.15) is 4.90 Å². The van der Waals surface area contributed by atoms with Gasteiger partial charge in [-0.05, 0) is 40.9 Å². The van der Waals surface area contributed by atoms with E-state index in [0.717, 1.165) is 11.4 Å². The molecule has 1 rings (SSSR count). The van der Waals surface area contributed by atoms with Crippen molar-refractivity contribution in [2.45, 2.75) is 52.1 Å². The fourth-order valence-corrected chi connectivity index (χ4v) is 5.96. The molecule has 1 unspecified atom stereocenters. The Labute approximate surface area is 141 Å². The van der Waals surface area contributed by atoms with Gasteiger partial charge in [-0.1, -0.05) is 27.7 Å². The summed E-state index contributed by atoms with van der Waals surface area (Å²) in [6.45, 7) is 11.7. The third kappa shape index (κ3) is 4.51. The number of nitrogens with one attached hydrogen (secondary N) is 1. The van der Waals surface area contributed by atoms with Crippen molar-refractivity contribution in [2.24, 2.45) is 5.41 Å². The van der Waals surface area contributed by atoms with E-state index >= 15 is 0 Å². The Morgan fingerprint density at radius 1 is 1.43 bits per heavy atom. The van der Waals surface area contributed by atoms with Crippen LogP contribution in [0.15, 0.2) is 14.7 Å². The molecule has 0 amide bonds. The second kappa shape index (κ2) is 7.08. The number of sulfonamides is 1. The Balaban J connectivity index is 3.10. The van der Waals surface area contributed by atoms with Crippen molar-refractivity contribution in [3.8, 4) is 0 Å². The lowest BCUT2D eigenvalue weighted by Gasteiger charge is -2.34. The van der Waals surface area contributed by atoms with Gasteiger partial charge in [0.2, 0.25) is 10.0 Å². The first-order chi connectivity index (χ1) is 9.51. The molecule has 7 heteroatoms. The molecule has 0 fully saturated rings. The third-order valence-electron chi connectivity index (χ3n) is 3.71. The summed E-state index contributed by atoms with van der Waals surface area (Å²) in [4.78, 5) is 1.37. The first-order valence-corrected chi connectivity index (χ1v) is 10.0. The Hall–Kier alpha value is 0.0500. The Kier molecular flexibility index (Phi) is 6.44. The van der Waals surface area contributed by atoms with Crippen LogP contribution < -0.4 is 5.32 Å². The van der Waals surface area contributed by atoms with Crippen molar-refractivity contribution >= 4 is 37.3 Å². The van der Waals surface area contributed by atoms with E-state index in [0.29, 0.717) is 15.2 Å². The van der Waals surface area contributed by atoms with E-state index in [2.05, 4.69) is 21.2 Å². The van der Waals surface area contributed by atoms with Crippen molar-refractivity contribution in [2.75, 3.05) is 13.6 Å². The lowest BCUT2D eigenvalue weighted by atomic mass is 9.88. The minimum Gasteiger partial charge on any atom is -0.312 e. The standard InChI is InChI=1S/C14H25BrN2O2S2/c1-7-16-9-11-8-12(13(15)20-11)21(18,19)17(6)10(2)14(3,4)5/h8,10,16H,7,9H2,1-6H3. The first-order valence-electron chi connectivity index (χ1n) is 6.98. The molecule has 0 saturated carbocycles. The quantitative estimate of drug-likeness (QED) is 0.797. The van der Waals surface area contributed by atoms with Crippen LogP contribution in [0.3, 0.4) is 0 Å². The highest BCUT2D eigenvalue weighted by Gasteiger charge is 2.34. The predicted molar refractivity (Wildman–Crippen MR) is 93.3 cm³/mol. The smallest absolute Gasteiger partial charge is 0.245 e.